The average Bonchev–Trinajstić information content (AvgIpc) is 3.64. The highest BCUT2D eigenvalue weighted by Gasteiger charge is 2.27. The van der Waals surface area contributed by atoms with E-state index in [1.165, 1.54) is 49.2 Å². The van der Waals surface area contributed by atoms with Crippen LogP contribution in [0.4, 0.5) is 0 Å². The maximum Gasteiger partial charge on any atom is 0.106 e. The molecule has 0 radical (unpaired) electrons. The monoisotopic (exact) mass is 450 g/mol. The molecule has 0 amide bonds. The zero-order chi connectivity index (χ0) is 22.9. The van der Waals surface area contributed by atoms with Gasteiger partial charge in [-0.25, -0.2) is 0 Å². The van der Waals surface area contributed by atoms with Gasteiger partial charge in [-0.15, -0.1) is 0 Å². The Balaban J connectivity index is 1.49. The molecular weight excluding hydrogens is 428 g/mol. The van der Waals surface area contributed by atoms with Gasteiger partial charge in [0.25, 0.3) is 0 Å². The lowest BCUT2D eigenvalue weighted by Gasteiger charge is -2.15. The first-order valence-corrected chi connectivity index (χ1v) is 12.1. The molecule has 166 valence electrons. The van der Waals surface area contributed by atoms with Crippen LogP contribution < -0.4 is 0 Å². The van der Waals surface area contributed by atoms with E-state index in [0.717, 1.165) is 18.0 Å². The van der Waals surface area contributed by atoms with Gasteiger partial charge >= 0.3 is 0 Å². The van der Waals surface area contributed by atoms with Crippen LogP contribution in [0.15, 0.2) is 115 Å². The molecule has 0 spiro atoms. The first-order chi connectivity index (χ1) is 17.4. The number of fused-ring (bicyclic) bond motifs is 6. The van der Waals surface area contributed by atoms with E-state index in [4.69, 9.17) is 4.74 Å². The lowest BCUT2D eigenvalue weighted by Crippen LogP contribution is -2.01. The minimum Gasteiger partial charge on any atom is -0.368 e. The Hall–Kier alpha value is -4.34. The zero-order valence-corrected chi connectivity index (χ0v) is 19.1. The van der Waals surface area contributed by atoms with Gasteiger partial charge in [-0.05, 0) is 48.0 Å². The fraction of sp³-hybridized carbons (Fsp3) is 0.0625. The van der Waals surface area contributed by atoms with Crippen LogP contribution in [0.5, 0.6) is 0 Å². The maximum absolute atomic E-state index is 5.77. The molecule has 1 unspecified atom stereocenters. The second kappa shape index (κ2) is 7.08. The largest absolute Gasteiger partial charge is 0.368 e. The van der Waals surface area contributed by atoms with Gasteiger partial charge in [0.05, 0.1) is 28.7 Å². The molecular formula is C32H22N2O. The second-order valence-electron chi connectivity index (χ2n) is 9.34. The quantitative estimate of drug-likeness (QED) is 0.250. The molecule has 3 heteroatoms. The normalized spacial score (nSPS) is 15.5. The summed E-state index contributed by atoms with van der Waals surface area (Å²) in [5, 5.41) is 5.09. The lowest BCUT2D eigenvalue weighted by molar-refractivity contribution is 0.415. The predicted octanol–water partition coefficient (Wildman–Crippen LogP) is 7.95. The number of aromatic nitrogens is 2. The highest BCUT2D eigenvalue weighted by molar-refractivity contribution is 6.10. The third kappa shape index (κ3) is 2.76. The average molecular weight is 451 g/mol. The zero-order valence-electron chi connectivity index (χ0n) is 19.1. The Morgan fingerprint density at radius 1 is 0.486 bits per heavy atom. The van der Waals surface area contributed by atoms with E-state index in [1.807, 2.05) is 0 Å². The minimum absolute atomic E-state index is 0.162. The molecule has 1 fully saturated rings. The summed E-state index contributed by atoms with van der Waals surface area (Å²) in [5.41, 5.74) is 8.42. The third-order valence-electron chi connectivity index (χ3n) is 7.31. The molecule has 5 aromatic carbocycles. The molecule has 35 heavy (non-hydrogen) atoms. The molecule has 1 aliphatic rings. The van der Waals surface area contributed by atoms with Crippen LogP contribution in [0.25, 0.3) is 55.0 Å². The van der Waals surface area contributed by atoms with Crippen molar-refractivity contribution in [3.05, 3.63) is 121 Å². The SMILES string of the molecule is c1ccc2c(c1)c1ccccc1n2-c1cc(C2CO2)cc(-n2c3ccccc3c3ccccc32)c1. The number of benzene rings is 5. The van der Waals surface area contributed by atoms with Gasteiger partial charge in [-0.2, -0.15) is 0 Å². The fourth-order valence-electron chi connectivity index (χ4n) is 5.70. The fourth-order valence-corrected chi connectivity index (χ4v) is 5.70. The molecule has 0 N–H and O–H groups in total. The number of para-hydroxylation sites is 4. The second-order valence-corrected chi connectivity index (χ2v) is 9.34. The van der Waals surface area contributed by atoms with Gasteiger partial charge < -0.3 is 13.9 Å². The molecule has 0 bridgehead atoms. The molecule has 8 rings (SSSR count). The number of epoxide rings is 1. The van der Waals surface area contributed by atoms with Gasteiger partial charge in [-0.1, -0.05) is 72.8 Å². The van der Waals surface area contributed by atoms with Crippen LogP contribution in [-0.2, 0) is 4.74 Å². The van der Waals surface area contributed by atoms with E-state index in [2.05, 4.69) is 124 Å². The molecule has 7 aromatic rings. The van der Waals surface area contributed by atoms with Crippen LogP contribution in [0.2, 0.25) is 0 Å². The van der Waals surface area contributed by atoms with Gasteiger partial charge in [0.2, 0.25) is 0 Å². The van der Waals surface area contributed by atoms with Crippen molar-refractivity contribution in [3.8, 4) is 11.4 Å². The van der Waals surface area contributed by atoms with Gasteiger partial charge in [0.15, 0.2) is 0 Å². The molecule has 2 aromatic heterocycles. The number of ether oxygens (including phenoxy) is 1. The van der Waals surface area contributed by atoms with Gasteiger partial charge in [0.1, 0.15) is 6.10 Å². The Bertz CT molecular complexity index is 1680. The lowest BCUT2D eigenvalue weighted by atomic mass is 10.1. The molecule has 0 aliphatic carbocycles. The summed E-state index contributed by atoms with van der Waals surface area (Å²) in [6.45, 7) is 0.781. The van der Waals surface area contributed by atoms with E-state index in [0.29, 0.717) is 0 Å². The van der Waals surface area contributed by atoms with Crippen molar-refractivity contribution in [3.63, 3.8) is 0 Å². The Morgan fingerprint density at radius 2 is 0.829 bits per heavy atom. The number of nitrogens with zero attached hydrogens (tertiary/aromatic N) is 2. The molecule has 1 saturated heterocycles. The van der Waals surface area contributed by atoms with Crippen LogP contribution in [-0.4, -0.2) is 15.7 Å². The maximum atomic E-state index is 5.77. The van der Waals surface area contributed by atoms with Crippen molar-refractivity contribution in [2.75, 3.05) is 6.61 Å². The summed E-state index contributed by atoms with van der Waals surface area (Å²) >= 11 is 0. The highest BCUT2D eigenvalue weighted by Crippen LogP contribution is 2.39. The Kier molecular flexibility index (Phi) is 3.85. The Labute approximate surface area is 202 Å². The first-order valence-electron chi connectivity index (χ1n) is 12.1. The number of rotatable bonds is 3. The highest BCUT2D eigenvalue weighted by atomic mass is 16.6. The van der Waals surface area contributed by atoms with Crippen molar-refractivity contribution >= 4 is 43.6 Å². The summed E-state index contributed by atoms with van der Waals surface area (Å²) in [6, 6.07) is 41.7. The van der Waals surface area contributed by atoms with Crippen molar-refractivity contribution in [1.82, 2.24) is 9.13 Å². The molecule has 1 atom stereocenters. The van der Waals surface area contributed by atoms with Crippen LogP contribution in [0, 0.1) is 0 Å². The van der Waals surface area contributed by atoms with E-state index in [9.17, 15) is 0 Å². The van der Waals surface area contributed by atoms with E-state index >= 15 is 0 Å². The van der Waals surface area contributed by atoms with Crippen molar-refractivity contribution in [1.29, 1.82) is 0 Å². The van der Waals surface area contributed by atoms with E-state index in [-0.39, 0.29) is 6.10 Å². The Morgan fingerprint density at radius 3 is 1.17 bits per heavy atom. The summed E-state index contributed by atoms with van der Waals surface area (Å²) in [5.74, 6) is 0. The van der Waals surface area contributed by atoms with Crippen LogP contribution in [0.3, 0.4) is 0 Å². The topological polar surface area (TPSA) is 22.4 Å². The first kappa shape index (κ1) is 19.0. The van der Waals surface area contributed by atoms with Crippen LogP contribution >= 0.6 is 0 Å². The number of hydrogen-bond donors (Lipinski definition) is 0. The van der Waals surface area contributed by atoms with E-state index < -0.39 is 0 Å². The summed E-state index contributed by atoms with van der Waals surface area (Å²) in [4.78, 5) is 0. The van der Waals surface area contributed by atoms with Crippen molar-refractivity contribution in [2.45, 2.75) is 6.10 Å². The van der Waals surface area contributed by atoms with Crippen molar-refractivity contribution < 1.29 is 4.74 Å². The predicted molar refractivity (Wildman–Crippen MR) is 144 cm³/mol. The summed E-state index contributed by atoms with van der Waals surface area (Å²) in [7, 11) is 0. The summed E-state index contributed by atoms with van der Waals surface area (Å²) in [6.07, 6.45) is 0.162. The minimum atomic E-state index is 0.162. The molecule has 1 aliphatic heterocycles. The van der Waals surface area contributed by atoms with Gasteiger partial charge in [0, 0.05) is 32.9 Å². The number of hydrogen-bond acceptors (Lipinski definition) is 1. The third-order valence-corrected chi connectivity index (χ3v) is 7.31. The van der Waals surface area contributed by atoms with E-state index in [1.54, 1.807) is 0 Å². The standard InChI is InChI=1S/C32H22N2O/c1-5-13-28-24(9-1)25-10-2-6-14-29(25)33(28)22-17-21(32-20-35-32)18-23(19-22)34-30-15-7-3-11-26(30)27-12-4-8-16-31(27)34/h1-19,32H,20H2. The summed E-state index contributed by atoms with van der Waals surface area (Å²) < 4.78 is 10.6. The van der Waals surface area contributed by atoms with Crippen LogP contribution in [0.1, 0.15) is 11.7 Å². The molecule has 0 saturated carbocycles. The smallest absolute Gasteiger partial charge is 0.106 e. The van der Waals surface area contributed by atoms with Gasteiger partial charge in [-0.3, -0.25) is 0 Å². The molecule has 3 heterocycles. The van der Waals surface area contributed by atoms with Crippen molar-refractivity contribution in [2.24, 2.45) is 0 Å². The molecule has 3 nitrogen and oxygen atoms in total.